The number of rotatable bonds is 3. The topological polar surface area (TPSA) is 75.3 Å². The van der Waals surface area contributed by atoms with E-state index < -0.39 is 5.97 Å². The lowest BCUT2D eigenvalue weighted by Gasteiger charge is -2.09. The van der Waals surface area contributed by atoms with E-state index in [0.29, 0.717) is 11.4 Å². The molecule has 0 fully saturated rings. The van der Waals surface area contributed by atoms with E-state index >= 15 is 0 Å². The predicted molar refractivity (Wildman–Crippen MR) is 72.2 cm³/mol. The number of carbonyl (C=O) groups is 1. The summed E-state index contributed by atoms with van der Waals surface area (Å²) in [6, 6.07) is 9.06. The van der Waals surface area contributed by atoms with Crippen LogP contribution in [0.5, 0.6) is 0 Å². The Balaban J connectivity index is 2.28. The molecule has 0 bridgehead atoms. The first-order chi connectivity index (χ1) is 8.95. The fraction of sp³-hybridized carbons (Fsp3) is 0.0714. The summed E-state index contributed by atoms with van der Waals surface area (Å²) >= 11 is 0. The number of aryl methyl sites for hydroxylation is 1. The summed E-state index contributed by atoms with van der Waals surface area (Å²) in [5, 5.41) is 11.8. The quantitative estimate of drug-likeness (QED) is 0.741. The van der Waals surface area contributed by atoms with Gasteiger partial charge in [0.25, 0.3) is 0 Å². The lowest BCUT2D eigenvalue weighted by Crippen LogP contribution is -2.03. The van der Waals surface area contributed by atoms with Crippen LogP contribution in [-0.4, -0.2) is 11.1 Å². The molecule has 0 aliphatic rings. The third-order valence-electron chi connectivity index (χ3n) is 2.61. The van der Waals surface area contributed by atoms with Gasteiger partial charge in [-0.1, -0.05) is 0 Å². The molecule has 4 nitrogen and oxygen atoms in total. The summed E-state index contributed by atoms with van der Waals surface area (Å²) in [7, 11) is 0. The Kier molecular flexibility index (Phi) is 3.37. The molecule has 0 amide bonds. The molecule has 0 aliphatic carbocycles. The third-order valence-corrected chi connectivity index (χ3v) is 2.61. The van der Waals surface area contributed by atoms with Gasteiger partial charge in [-0.15, -0.1) is 0 Å². The number of anilines is 3. The number of carboxylic acid groups (broad SMARTS) is 1. The molecule has 0 radical (unpaired) electrons. The fourth-order valence-electron chi connectivity index (χ4n) is 1.81. The van der Waals surface area contributed by atoms with E-state index in [-0.39, 0.29) is 17.1 Å². The second kappa shape index (κ2) is 4.97. The molecule has 0 aromatic heterocycles. The molecule has 0 spiro atoms. The Labute approximate surface area is 109 Å². The minimum Gasteiger partial charge on any atom is -0.478 e. The molecule has 0 saturated heterocycles. The Hall–Kier alpha value is -2.56. The Morgan fingerprint density at radius 3 is 2.53 bits per heavy atom. The van der Waals surface area contributed by atoms with Gasteiger partial charge < -0.3 is 16.2 Å². The van der Waals surface area contributed by atoms with E-state index in [2.05, 4.69) is 5.32 Å². The Bertz CT molecular complexity index is 621. The van der Waals surface area contributed by atoms with Crippen LogP contribution in [0.3, 0.4) is 0 Å². The first-order valence-electron chi connectivity index (χ1n) is 5.63. The zero-order valence-corrected chi connectivity index (χ0v) is 10.3. The molecule has 0 aliphatic heterocycles. The molecule has 0 saturated carbocycles. The van der Waals surface area contributed by atoms with Crippen LogP contribution in [0.4, 0.5) is 21.5 Å². The van der Waals surface area contributed by atoms with Crippen LogP contribution in [-0.2, 0) is 0 Å². The molecule has 2 rings (SSSR count). The molecular formula is C14H13FN2O2. The summed E-state index contributed by atoms with van der Waals surface area (Å²) in [6.07, 6.45) is 0. The predicted octanol–water partition coefficient (Wildman–Crippen LogP) is 3.16. The van der Waals surface area contributed by atoms with E-state index in [0.717, 1.165) is 5.56 Å². The number of nitrogen functional groups attached to an aromatic ring is 1. The van der Waals surface area contributed by atoms with Crippen molar-refractivity contribution in [1.29, 1.82) is 0 Å². The molecule has 98 valence electrons. The SMILES string of the molecule is Cc1cc(F)cc(Nc2ccc(C(=O)O)c(N)c2)c1. The van der Waals surface area contributed by atoms with Crippen molar-refractivity contribution in [2.24, 2.45) is 0 Å². The van der Waals surface area contributed by atoms with Crippen LogP contribution in [0.2, 0.25) is 0 Å². The van der Waals surface area contributed by atoms with E-state index in [1.165, 1.54) is 24.3 Å². The summed E-state index contributed by atoms with van der Waals surface area (Å²) < 4.78 is 13.2. The van der Waals surface area contributed by atoms with Gasteiger partial charge in [0.1, 0.15) is 5.82 Å². The van der Waals surface area contributed by atoms with Crippen molar-refractivity contribution in [2.75, 3.05) is 11.1 Å². The van der Waals surface area contributed by atoms with Gasteiger partial charge in [0.15, 0.2) is 0 Å². The molecule has 4 N–H and O–H groups in total. The van der Waals surface area contributed by atoms with Gasteiger partial charge in [0, 0.05) is 17.1 Å². The van der Waals surface area contributed by atoms with Gasteiger partial charge in [-0.2, -0.15) is 0 Å². The van der Waals surface area contributed by atoms with E-state index in [1.807, 2.05) is 0 Å². The Morgan fingerprint density at radius 1 is 1.21 bits per heavy atom. The van der Waals surface area contributed by atoms with Crippen LogP contribution in [0.15, 0.2) is 36.4 Å². The minimum absolute atomic E-state index is 0.0426. The lowest BCUT2D eigenvalue weighted by molar-refractivity contribution is 0.0698. The molecule has 2 aromatic carbocycles. The van der Waals surface area contributed by atoms with Gasteiger partial charge in [0.2, 0.25) is 0 Å². The summed E-state index contributed by atoms with van der Waals surface area (Å²) in [5.74, 6) is -1.41. The highest BCUT2D eigenvalue weighted by atomic mass is 19.1. The zero-order chi connectivity index (χ0) is 14.0. The standard InChI is InChI=1S/C14H13FN2O2/c1-8-4-9(15)6-11(5-8)17-10-2-3-12(14(18)19)13(16)7-10/h2-7,17H,16H2,1H3,(H,18,19). The number of aromatic carboxylic acids is 1. The van der Waals surface area contributed by atoms with E-state index in [9.17, 15) is 9.18 Å². The maximum Gasteiger partial charge on any atom is 0.337 e. The highest BCUT2D eigenvalue weighted by molar-refractivity contribution is 5.94. The highest BCUT2D eigenvalue weighted by Gasteiger charge is 2.08. The molecule has 5 heteroatoms. The average molecular weight is 260 g/mol. The summed E-state index contributed by atoms with van der Waals surface area (Å²) in [6.45, 7) is 1.79. The number of nitrogens with one attached hydrogen (secondary N) is 1. The van der Waals surface area contributed by atoms with Crippen molar-refractivity contribution in [3.8, 4) is 0 Å². The summed E-state index contributed by atoms with van der Waals surface area (Å²) in [5.41, 5.74) is 7.82. The van der Waals surface area contributed by atoms with Crippen LogP contribution < -0.4 is 11.1 Å². The smallest absolute Gasteiger partial charge is 0.337 e. The minimum atomic E-state index is -1.08. The maximum absolute atomic E-state index is 13.2. The fourth-order valence-corrected chi connectivity index (χ4v) is 1.81. The van der Waals surface area contributed by atoms with Gasteiger partial charge in [0.05, 0.1) is 5.56 Å². The first kappa shape index (κ1) is 12.9. The molecule has 0 heterocycles. The van der Waals surface area contributed by atoms with Gasteiger partial charge in [-0.25, -0.2) is 9.18 Å². The number of halogens is 1. The number of nitrogens with two attached hydrogens (primary N) is 1. The van der Waals surface area contributed by atoms with E-state index in [1.54, 1.807) is 19.1 Å². The van der Waals surface area contributed by atoms with Gasteiger partial charge in [-0.05, 0) is 48.9 Å². The van der Waals surface area contributed by atoms with Gasteiger partial charge in [-0.3, -0.25) is 0 Å². The van der Waals surface area contributed by atoms with Crippen molar-refractivity contribution in [3.63, 3.8) is 0 Å². The second-order valence-corrected chi connectivity index (χ2v) is 4.25. The van der Waals surface area contributed by atoms with Crippen LogP contribution in [0.25, 0.3) is 0 Å². The number of benzene rings is 2. The summed E-state index contributed by atoms with van der Waals surface area (Å²) in [4.78, 5) is 10.8. The van der Waals surface area contributed by atoms with Crippen molar-refractivity contribution < 1.29 is 14.3 Å². The third kappa shape index (κ3) is 3.01. The average Bonchev–Trinajstić information content (AvgIpc) is 2.26. The van der Waals surface area contributed by atoms with Crippen LogP contribution >= 0.6 is 0 Å². The Morgan fingerprint density at radius 2 is 1.95 bits per heavy atom. The molecule has 0 unspecified atom stereocenters. The van der Waals surface area contributed by atoms with Crippen molar-refractivity contribution in [3.05, 3.63) is 53.3 Å². The second-order valence-electron chi connectivity index (χ2n) is 4.25. The largest absolute Gasteiger partial charge is 0.478 e. The van der Waals surface area contributed by atoms with Crippen LogP contribution in [0, 0.1) is 12.7 Å². The monoisotopic (exact) mass is 260 g/mol. The normalized spacial score (nSPS) is 10.2. The first-order valence-corrected chi connectivity index (χ1v) is 5.63. The molecule has 2 aromatic rings. The van der Waals surface area contributed by atoms with Crippen molar-refractivity contribution >= 4 is 23.0 Å². The van der Waals surface area contributed by atoms with Crippen molar-refractivity contribution in [2.45, 2.75) is 6.92 Å². The number of carboxylic acids is 1. The molecule has 0 atom stereocenters. The zero-order valence-electron chi connectivity index (χ0n) is 10.3. The molecular weight excluding hydrogens is 247 g/mol. The van der Waals surface area contributed by atoms with E-state index in [4.69, 9.17) is 10.8 Å². The van der Waals surface area contributed by atoms with Crippen LogP contribution in [0.1, 0.15) is 15.9 Å². The number of hydrogen-bond acceptors (Lipinski definition) is 3. The molecule has 19 heavy (non-hydrogen) atoms. The maximum atomic E-state index is 13.2. The lowest BCUT2D eigenvalue weighted by atomic mass is 10.1. The van der Waals surface area contributed by atoms with Gasteiger partial charge >= 0.3 is 5.97 Å². The number of hydrogen-bond donors (Lipinski definition) is 3. The highest BCUT2D eigenvalue weighted by Crippen LogP contribution is 2.23. The van der Waals surface area contributed by atoms with Crippen molar-refractivity contribution in [1.82, 2.24) is 0 Å².